The number of aliphatic carboxylic acids is 1. The van der Waals surface area contributed by atoms with Gasteiger partial charge in [-0.2, -0.15) is 0 Å². The molecule has 0 unspecified atom stereocenters. The summed E-state index contributed by atoms with van der Waals surface area (Å²) in [7, 11) is 1.48. The number of methoxy groups -OCH3 is 1. The van der Waals surface area contributed by atoms with E-state index in [1.807, 2.05) is 0 Å². The normalized spacial score (nSPS) is 16.5. The average molecular weight is 535 g/mol. The SMILES string of the molecule is COc1ccc2ncc(F)c([C@H](O)CCC3(C(=O)O)CCN(CCCc4cc(F)c(F)c(F)c4)CC3)c2c1. The van der Waals surface area contributed by atoms with Crippen LogP contribution in [0.3, 0.4) is 0 Å². The molecule has 1 aromatic heterocycles. The number of aryl methyl sites for hydroxylation is 1. The maximum absolute atomic E-state index is 14.7. The van der Waals surface area contributed by atoms with Crippen LogP contribution in [0.25, 0.3) is 10.9 Å². The Morgan fingerprint density at radius 2 is 1.79 bits per heavy atom. The Bertz CT molecular complexity index is 1290. The lowest BCUT2D eigenvalue weighted by Crippen LogP contribution is -2.44. The molecule has 38 heavy (non-hydrogen) atoms. The molecule has 0 bridgehead atoms. The largest absolute Gasteiger partial charge is 0.497 e. The summed E-state index contributed by atoms with van der Waals surface area (Å²) in [6, 6.07) is 6.93. The number of pyridine rings is 1. The zero-order chi connectivity index (χ0) is 27.4. The van der Waals surface area contributed by atoms with Crippen molar-refractivity contribution < 1.29 is 37.3 Å². The number of halogens is 4. The standard InChI is InChI=1S/C28H30F4N2O4/c1-38-18-4-5-23-19(15-18)25(22(31)16-33-23)24(35)6-7-28(27(36)37)8-11-34(12-9-28)10-2-3-17-13-20(29)26(32)21(30)14-17/h4-5,13-16,24,35H,2-3,6-12H2,1H3,(H,36,37)/t24-/m1/s1. The number of piperidine rings is 1. The summed E-state index contributed by atoms with van der Waals surface area (Å²) in [6.45, 7) is 1.59. The highest BCUT2D eigenvalue weighted by atomic mass is 19.2. The van der Waals surface area contributed by atoms with Crippen LogP contribution in [-0.2, 0) is 11.2 Å². The van der Waals surface area contributed by atoms with E-state index in [9.17, 15) is 32.6 Å². The van der Waals surface area contributed by atoms with E-state index in [1.165, 1.54) is 7.11 Å². The predicted molar refractivity (Wildman–Crippen MR) is 133 cm³/mol. The Hall–Kier alpha value is -3.24. The number of carboxylic acids is 1. The van der Waals surface area contributed by atoms with Crippen LogP contribution in [0.2, 0.25) is 0 Å². The van der Waals surface area contributed by atoms with Crippen LogP contribution in [0.4, 0.5) is 17.6 Å². The zero-order valence-corrected chi connectivity index (χ0v) is 21.0. The molecule has 1 fully saturated rings. The van der Waals surface area contributed by atoms with E-state index in [1.54, 1.807) is 18.2 Å². The second-order valence-electron chi connectivity index (χ2n) is 9.86. The predicted octanol–water partition coefficient (Wildman–Crippen LogP) is 5.41. The topological polar surface area (TPSA) is 82.9 Å². The van der Waals surface area contributed by atoms with Gasteiger partial charge in [0.2, 0.25) is 0 Å². The Morgan fingerprint density at radius 3 is 2.42 bits per heavy atom. The highest BCUT2D eigenvalue weighted by molar-refractivity contribution is 5.84. The molecular weight excluding hydrogens is 504 g/mol. The second kappa shape index (κ2) is 11.7. The van der Waals surface area contributed by atoms with E-state index in [4.69, 9.17) is 4.74 Å². The van der Waals surface area contributed by atoms with Crippen LogP contribution in [0, 0.1) is 28.7 Å². The number of hydrogen-bond donors (Lipinski definition) is 2. The number of benzene rings is 2. The number of likely N-dealkylation sites (tertiary alicyclic amines) is 1. The maximum Gasteiger partial charge on any atom is 0.309 e. The summed E-state index contributed by atoms with van der Waals surface area (Å²) in [5.41, 5.74) is -0.132. The first-order valence-corrected chi connectivity index (χ1v) is 12.5. The van der Waals surface area contributed by atoms with Crippen LogP contribution >= 0.6 is 0 Å². The lowest BCUT2D eigenvalue weighted by atomic mass is 9.74. The molecule has 2 heterocycles. The maximum atomic E-state index is 14.7. The summed E-state index contributed by atoms with van der Waals surface area (Å²) in [5, 5.41) is 21.4. The fraction of sp³-hybridized carbons (Fsp3) is 0.429. The van der Waals surface area contributed by atoms with Gasteiger partial charge in [-0.15, -0.1) is 0 Å². The van der Waals surface area contributed by atoms with Crippen LogP contribution in [0.1, 0.15) is 49.3 Å². The van der Waals surface area contributed by atoms with Gasteiger partial charge in [0.25, 0.3) is 0 Å². The van der Waals surface area contributed by atoms with Crippen LogP contribution in [0.15, 0.2) is 36.5 Å². The summed E-state index contributed by atoms with van der Waals surface area (Å²) < 4.78 is 59.9. The molecule has 1 saturated heterocycles. The summed E-state index contributed by atoms with van der Waals surface area (Å²) >= 11 is 0. The van der Waals surface area contributed by atoms with E-state index >= 15 is 0 Å². The fourth-order valence-electron chi connectivity index (χ4n) is 5.23. The molecule has 1 atom stereocenters. The molecule has 6 nitrogen and oxygen atoms in total. The third-order valence-corrected chi connectivity index (χ3v) is 7.55. The molecule has 0 radical (unpaired) electrons. The molecule has 3 aromatic rings. The van der Waals surface area contributed by atoms with Crippen molar-refractivity contribution in [3.8, 4) is 5.75 Å². The van der Waals surface area contributed by atoms with Crippen molar-refractivity contribution in [3.63, 3.8) is 0 Å². The number of nitrogens with zero attached hydrogens (tertiary/aromatic N) is 2. The molecule has 4 rings (SSSR count). The molecule has 0 saturated carbocycles. The van der Waals surface area contributed by atoms with Crippen molar-refractivity contribution in [3.05, 3.63) is 70.9 Å². The summed E-state index contributed by atoms with van der Waals surface area (Å²) in [4.78, 5) is 18.4. The number of aromatic nitrogens is 1. The minimum atomic E-state index is -1.49. The van der Waals surface area contributed by atoms with Gasteiger partial charge in [-0.1, -0.05) is 0 Å². The third-order valence-electron chi connectivity index (χ3n) is 7.55. The van der Waals surface area contributed by atoms with Crippen molar-refractivity contribution in [2.24, 2.45) is 5.41 Å². The second-order valence-corrected chi connectivity index (χ2v) is 9.86. The smallest absolute Gasteiger partial charge is 0.309 e. The lowest BCUT2D eigenvalue weighted by molar-refractivity contribution is -0.153. The molecular formula is C28H30F4N2O4. The van der Waals surface area contributed by atoms with Gasteiger partial charge in [-0.05, 0) is 94.1 Å². The first kappa shape index (κ1) is 27.8. The zero-order valence-electron chi connectivity index (χ0n) is 21.0. The van der Waals surface area contributed by atoms with Crippen molar-refractivity contribution >= 4 is 16.9 Å². The molecule has 1 aliphatic rings. The van der Waals surface area contributed by atoms with Crippen molar-refractivity contribution in [2.75, 3.05) is 26.7 Å². The van der Waals surface area contributed by atoms with Gasteiger partial charge in [0.1, 0.15) is 11.6 Å². The highest BCUT2D eigenvalue weighted by Gasteiger charge is 2.41. The molecule has 1 aliphatic heterocycles. The monoisotopic (exact) mass is 534 g/mol. The minimum Gasteiger partial charge on any atom is -0.497 e. The first-order valence-electron chi connectivity index (χ1n) is 12.5. The Labute approximate surface area is 217 Å². The Kier molecular flexibility index (Phi) is 8.52. The van der Waals surface area contributed by atoms with Gasteiger partial charge < -0.3 is 19.8 Å². The van der Waals surface area contributed by atoms with Crippen molar-refractivity contribution in [2.45, 2.75) is 44.6 Å². The lowest BCUT2D eigenvalue weighted by Gasteiger charge is -2.39. The van der Waals surface area contributed by atoms with E-state index in [2.05, 4.69) is 9.88 Å². The van der Waals surface area contributed by atoms with Gasteiger partial charge in [-0.3, -0.25) is 9.78 Å². The van der Waals surface area contributed by atoms with Crippen LogP contribution in [0.5, 0.6) is 5.75 Å². The summed E-state index contributed by atoms with van der Waals surface area (Å²) in [5.74, 6) is -5.06. The van der Waals surface area contributed by atoms with E-state index < -0.39 is 40.8 Å². The average Bonchev–Trinajstić information content (AvgIpc) is 2.90. The minimum absolute atomic E-state index is 0.0568. The van der Waals surface area contributed by atoms with Gasteiger partial charge in [0.15, 0.2) is 17.5 Å². The number of carbonyl (C=O) groups is 1. The molecule has 0 spiro atoms. The van der Waals surface area contributed by atoms with Gasteiger partial charge in [-0.25, -0.2) is 17.6 Å². The molecule has 204 valence electrons. The van der Waals surface area contributed by atoms with Crippen molar-refractivity contribution in [1.82, 2.24) is 9.88 Å². The van der Waals surface area contributed by atoms with E-state index in [0.29, 0.717) is 67.5 Å². The number of hydrogen-bond acceptors (Lipinski definition) is 5. The molecule has 2 aromatic carbocycles. The molecule has 0 amide bonds. The van der Waals surface area contributed by atoms with Crippen LogP contribution < -0.4 is 4.74 Å². The van der Waals surface area contributed by atoms with Gasteiger partial charge in [0, 0.05) is 10.9 Å². The first-order chi connectivity index (χ1) is 18.1. The fourth-order valence-corrected chi connectivity index (χ4v) is 5.23. The number of aliphatic hydroxyl groups excluding tert-OH is 1. The molecule has 10 heteroatoms. The number of carboxylic acid groups (broad SMARTS) is 1. The van der Waals surface area contributed by atoms with E-state index in [-0.39, 0.29) is 18.4 Å². The Morgan fingerprint density at radius 1 is 1.11 bits per heavy atom. The number of rotatable bonds is 10. The Balaban J connectivity index is 1.36. The quantitative estimate of drug-likeness (QED) is 0.267. The molecule has 2 N–H and O–H groups in total. The van der Waals surface area contributed by atoms with E-state index in [0.717, 1.165) is 18.3 Å². The molecule has 0 aliphatic carbocycles. The van der Waals surface area contributed by atoms with Crippen LogP contribution in [-0.4, -0.2) is 52.8 Å². The highest BCUT2D eigenvalue weighted by Crippen LogP contribution is 2.40. The summed E-state index contributed by atoms with van der Waals surface area (Å²) in [6.07, 6.45) is 1.68. The number of fused-ring (bicyclic) bond motifs is 1. The van der Waals surface area contributed by atoms with Gasteiger partial charge in [0.05, 0.1) is 30.3 Å². The van der Waals surface area contributed by atoms with Crippen molar-refractivity contribution in [1.29, 1.82) is 0 Å². The number of aliphatic hydroxyl groups is 1. The third kappa shape index (κ3) is 5.91. The van der Waals surface area contributed by atoms with Gasteiger partial charge >= 0.3 is 5.97 Å². The number of ether oxygens (including phenoxy) is 1.